The van der Waals surface area contributed by atoms with Gasteiger partial charge in [0.2, 0.25) is 5.91 Å². The molecule has 4 N–H and O–H groups in total. The van der Waals surface area contributed by atoms with E-state index in [1.54, 1.807) is 0 Å². The monoisotopic (exact) mass is 134 g/mol. The number of aliphatic hydroxyl groups excluding tert-OH is 1. The highest BCUT2D eigenvalue weighted by Crippen LogP contribution is 1.52. The van der Waals surface area contributed by atoms with E-state index in [0.717, 1.165) is 0 Å². The molecule has 0 aromatic carbocycles. The molecule has 0 saturated heterocycles. The first-order valence-electron chi connectivity index (χ1n) is 2.89. The fraction of sp³-hybridized carbons (Fsp3) is 0.800. The van der Waals surface area contributed by atoms with Crippen LogP contribution in [0.3, 0.4) is 0 Å². The molecule has 1 amide bonds. The lowest BCUT2D eigenvalue weighted by Gasteiger charge is -1.93. The first kappa shape index (κ1) is 11.2. The minimum atomic E-state index is -0.345. The third-order valence-corrected chi connectivity index (χ3v) is 0.462. The SMILES string of the molecule is CC.NCC(=O)NCO. The van der Waals surface area contributed by atoms with Crippen LogP contribution in [-0.4, -0.2) is 24.3 Å². The lowest BCUT2D eigenvalue weighted by Crippen LogP contribution is -2.30. The lowest BCUT2D eigenvalue weighted by atomic mass is 10.6. The minimum Gasteiger partial charge on any atom is -0.377 e. The summed E-state index contributed by atoms with van der Waals surface area (Å²) in [5.41, 5.74) is 4.83. The molecule has 0 aromatic rings. The third kappa shape index (κ3) is 11.1. The van der Waals surface area contributed by atoms with E-state index in [9.17, 15) is 4.79 Å². The Kier molecular flexibility index (Phi) is 13.0. The third-order valence-electron chi connectivity index (χ3n) is 0.462. The van der Waals surface area contributed by atoms with Gasteiger partial charge >= 0.3 is 0 Å². The van der Waals surface area contributed by atoms with Crippen LogP contribution in [-0.2, 0) is 4.79 Å². The summed E-state index contributed by atoms with van der Waals surface area (Å²) in [6.07, 6.45) is 0. The highest BCUT2D eigenvalue weighted by atomic mass is 16.3. The summed E-state index contributed by atoms with van der Waals surface area (Å²) in [5, 5.41) is 10.1. The molecule has 0 heterocycles. The van der Waals surface area contributed by atoms with Crippen LogP contribution >= 0.6 is 0 Å². The molecule has 0 radical (unpaired) electrons. The topological polar surface area (TPSA) is 75.4 Å². The fourth-order valence-corrected chi connectivity index (χ4v) is 0.160. The molecule has 0 bridgehead atoms. The van der Waals surface area contributed by atoms with Gasteiger partial charge in [-0.1, -0.05) is 13.8 Å². The van der Waals surface area contributed by atoms with E-state index in [0.29, 0.717) is 0 Å². The average molecular weight is 134 g/mol. The number of carbonyl (C=O) groups is 1. The maximum atomic E-state index is 10.0. The van der Waals surface area contributed by atoms with E-state index >= 15 is 0 Å². The van der Waals surface area contributed by atoms with Crippen molar-refractivity contribution in [2.45, 2.75) is 13.8 Å². The van der Waals surface area contributed by atoms with Crippen molar-refractivity contribution in [3.63, 3.8) is 0 Å². The molecular formula is C5H14N2O2. The van der Waals surface area contributed by atoms with Crippen LogP contribution in [0.15, 0.2) is 0 Å². The second kappa shape index (κ2) is 10.4. The van der Waals surface area contributed by atoms with E-state index < -0.39 is 0 Å². The molecule has 0 fully saturated rings. The molecule has 4 nitrogen and oxygen atoms in total. The summed E-state index contributed by atoms with van der Waals surface area (Å²) < 4.78 is 0. The second-order valence-corrected chi connectivity index (χ2v) is 0.962. The largest absolute Gasteiger partial charge is 0.377 e. The van der Waals surface area contributed by atoms with E-state index in [-0.39, 0.29) is 19.2 Å². The predicted octanol–water partition coefficient (Wildman–Crippen LogP) is -0.963. The molecule has 9 heavy (non-hydrogen) atoms. The zero-order valence-corrected chi connectivity index (χ0v) is 5.85. The van der Waals surface area contributed by atoms with Crippen molar-refractivity contribution in [3.8, 4) is 0 Å². The van der Waals surface area contributed by atoms with Gasteiger partial charge in [-0.2, -0.15) is 0 Å². The van der Waals surface area contributed by atoms with Crippen LogP contribution in [0.5, 0.6) is 0 Å². The zero-order valence-electron chi connectivity index (χ0n) is 5.85. The zero-order chi connectivity index (χ0) is 7.70. The lowest BCUT2D eigenvalue weighted by molar-refractivity contribution is -0.120. The standard InChI is InChI=1S/C3H8N2O2.C2H6/c4-1-3(7)5-2-6;1-2/h6H,1-2,4H2,(H,5,7);1-2H3. The van der Waals surface area contributed by atoms with Gasteiger partial charge < -0.3 is 16.2 Å². The van der Waals surface area contributed by atoms with Crippen LogP contribution in [0.4, 0.5) is 0 Å². The van der Waals surface area contributed by atoms with Crippen molar-refractivity contribution >= 4 is 5.91 Å². The summed E-state index contributed by atoms with van der Waals surface area (Å²) in [6.45, 7) is 3.59. The van der Waals surface area contributed by atoms with Crippen molar-refractivity contribution in [2.75, 3.05) is 13.3 Å². The summed E-state index contributed by atoms with van der Waals surface area (Å²) in [5.74, 6) is -0.345. The van der Waals surface area contributed by atoms with Crippen LogP contribution in [0.25, 0.3) is 0 Å². The van der Waals surface area contributed by atoms with Crippen molar-refractivity contribution in [1.29, 1.82) is 0 Å². The number of hydrogen-bond acceptors (Lipinski definition) is 3. The summed E-state index contributed by atoms with van der Waals surface area (Å²) in [4.78, 5) is 10.0. The molecule has 56 valence electrons. The van der Waals surface area contributed by atoms with Crippen LogP contribution in [0, 0.1) is 0 Å². The van der Waals surface area contributed by atoms with E-state index in [1.165, 1.54) is 0 Å². The smallest absolute Gasteiger partial charge is 0.235 e. The number of carbonyl (C=O) groups excluding carboxylic acids is 1. The second-order valence-electron chi connectivity index (χ2n) is 0.962. The molecule has 0 rings (SSSR count). The van der Waals surface area contributed by atoms with Crippen LogP contribution in [0.1, 0.15) is 13.8 Å². The normalized spacial score (nSPS) is 7.11. The van der Waals surface area contributed by atoms with Gasteiger partial charge in [0.1, 0.15) is 6.73 Å². The Morgan fingerprint density at radius 2 is 2.11 bits per heavy atom. The molecule has 0 aliphatic carbocycles. The van der Waals surface area contributed by atoms with Gasteiger partial charge in [-0.3, -0.25) is 4.79 Å². The number of rotatable bonds is 2. The highest BCUT2D eigenvalue weighted by molar-refractivity contribution is 5.77. The van der Waals surface area contributed by atoms with E-state index in [1.807, 2.05) is 13.8 Å². The Morgan fingerprint density at radius 3 is 2.22 bits per heavy atom. The van der Waals surface area contributed by atoms with Gasteiger partial charge in [-0.25, -0.2) is 0 Å². The molecule has 0 aliphatic heterocycles. The number of nitrogens with two attached hydrogens (primary N) is 1. The van der Waals surface area contributed by atoms with E-state index in [4.69, 9.17) is 10.8 Å². The van der Waals surface area contributed by atoms with Gasteiger partial charge in [0, 0.05) is 0 Å². The molecule has 0 aliphatic rings. The first-order chi connectivity index (χ1) is 4.31. The average Bonchev–Trinajstić information content (AvgIpc) is 1.93. The Hall–Kier alpha value is -0.610. The Labute approximate surface area is 55.1 Å². The van der Waals surface area contributed by atoms with Gasteiger partial charge in [-0.15, -0.1) is 0 Å². The molecule has 0 aromatic heterocycles. The number of nitrogens with one attached hydrogen (secondary N) is 1. The van der Waals surface area contributed by atoms with Gasteiger partial charge in [0.25, 0.3) is 0 Å². The number of amides is 1. The fourth-order valence-electron chi connectivity index (χ4n) is 0.160. The molecule has 0 atom stereocenters. The Balaban J connectivity index is 0. The summed E-state index contributed by atoms with van der Waals surface area (Å²) in [7, 11) is 0. The summed E-state index contributed by atoms with van der Waals surface area (Å²) in [6, 6.07) is 0. The molecular weight excluding hydrogens is 120 g/mol. The quantitative estimate of drug-likeness (QED) is 0.426. The highest BCUT2D eigenvalue weighted by Gasteiger charge is 1.89. The van der Waals surface area contributed by atoms with Crippen molar-refractivity contribution < 1.29 is 9.90 Å². The van der Waals surface area contributed by atoms with Crippen molar-refractivity contribution in [3.05, 3.63) is 0 Å². The van der Waals surface area contributed by atoms with Crippen molar-refractivity contribution in [2.24, 2.45) is 5.73 Å². The van der Waals surface area contributed by atoms with Crippen LogP contribution < -0.4 is 11.1 Å². The van der Waals surface area contributed by atoms with Crippen molar-refractivity contribution in [1.82, 2.24) is 5.32 Å². The molecule has 4 heteroatoms. The van der Waals surface area contributed by atoms with E-state index in [2.05, 4.69) is 5.32 Å². The molecule has 0 unspecified atom stereocenters. The number of aliphatic hydroxyl groups is 1. The predicted molar refractivity (Wildman–Crippen MR) is 35.6 cm³/mol. The van der Waals surface area contributed by atoms with Gasteiger partial charge in [-0.05, 0) is 0 Å². The maximum absolute atomic E-state index is 10.0. The van der Waals surface area contributed by atoms with Gasteiger partial charge in [0.15, 0.2) is 0 Å². The first-order valence-corrected chi connectivity index (χ1v) is 2.89. The summed E-state index contributed by atoms with van der Waals surface area (Å²) >= 11 is 0. The number of hydrogen-bond donors (Lipinski definition) is 3. The van der Waals surface area contributed by atoms with Gasteiger partial charge in [0.05, 0.1) is 6.54 Å². The molecule has 0 saturated carbocycles. The Morgan fingerprint density at radius 1 is 1.67 bits per heavy atom. The maximum Gasteiger partial charge on any atom is 0.235 e. The van der Waals surface area contributed by atoms with Crippen LogP contribution in [0.2, 0.25) is 0 Å². The minimum absolute atomic E-state index is 0.0689. The Bertz CT molecular complexity index is 66.0. The molecule has 0 spiro atoms.